The van der Waals surface area contributed by atoms with Crippen molar-refractivity contribution < 1.29 is 9.47 Å². The average molecular weight is 442 g/mol. The third kappa shape index (κ3) is 4.16. The summed E-state index contributed by atoms with van der Waals surface area (Å²) in [5, 5.41) is 4.45. The van der Waals surface area contributed by atoms with E-state index >= 15 is 0 Å². The maximum absolute atomic E-state index is 13.9. The van der Waals surface area contributed by atoms with E-state index in [-0.39, 0.29) is 11.6 Å². The van der Waals surface area contributed by atoms with Crippen LogP contribution >= 0.6 is 0 Å². The highest BCUT2D eigenvalue weighted by Gasteiger charge is 2.22. The Hall–Kier alpha value is -3.80. The third-order valence-corrected chi connectivity index (χ3v) is 6.36. The first-order valence-corrected chi connectivity index (χ1v) is 11.3. The molecule has 0 saturated heterocycles. The summed E-state index contributed by atoms with van der Waals surface area (Å²) in [6, 6.07) is 17.8. The smallest absolute Gasteiger partial charge is 0.259 e. The van der Waals surface area contributed by atoms with Gasteiger partial charge in [-0.1, -0.05) is 18.9 Å². The molecule has 4 aromatic rings. The Morgan fingerprint density at radius 3 is 2.24 bits per heavy atom. The fraction of sp³-hybridized carbons (Fsp3) is 0.259. The van der Waals surface area contributed by atoms with E-state index in [4.69, 9.17) is 9.47 Å². The summed E-state index contributed by atoms with van der Waals surface area (Å²) >= 11 is 0. The summed E-state index contributed by atoms with van der Waals surface area (Å²) in [5.74, 6) is 1.32. The lowest BCUT2D eigenvalue weighted by molar-refractivity contribution is 0.394. The Balaban J connectivity index is 1.69. The highest BCUT2D eigenvalue weighted by atomic mass is 16.5. The van der Waals surface area contributed by atoms with Gasteiger partial charge in [-0.25, -0.2) is 0 Å². The van der Waals surface area contributed by atoms with Gasteiger partial charge in [-0.15, -0.1) is 0 Å². The van der Waals surface area contributed by atoms with Crippen molar-refractivity contribution in [3.05, 3.63) is 77.3 Å². The van der Waals surface area contributed by atoms with Crippen LogP contribution in [0.4, 0.5) is 11.4 Å². The molecule has 0 aliphatic heterocycles. The topological polar surface area (TPSA) is 65.4 Å². The van der Waals surface area contributed by atoms with Crippen LogP contribution in [0.25, 0.3) is 22.0 Å². The molecule has 1 saturated carbocycles. The zero-order chi connectivity index (χ0) is 22.8. The normalized spacial score (nSPS) is 13.9. The molecular formula is C27H27N3O3. The molecular weight excluding hydrogens is 414 g/mol. The molecule has 2 aromatic carbocycles. The number of anilines is 2. The van der Waals surface area contributed by atoms with Gasteiger partial charge in [0, 0.05) is 41.4 Å². The second kappa shape index (κ2) is 8.98. The minimum absolute atomic E-state index is 0.0192. The number of nitrogens with one attached hydrogen (secondary N) is 1. The Bertz CT molecular complexity index is 1320. The van der Waals surface area contributed by atoms with E-state index in [1.54, 1.807) is 26.6 Å². The van der Waals surface area contributed by atoms with Crippen LogP contribution in [0.2, 0.25) is 0 Å². The average Bonchev–Trinajstić information content (AvgIpc) is 3.38. The van der Waals surface area contributed by atoms with Crippen molar-refractivity contribution >= 4 is 22.3 Å². The van der Waals surface area contributed by atoms with Crippen molar-refractivity contribution in [2.24, 2.45) is 0 Å². The second-order valence-electron chi connectivity index (χ2n) is 8.41. The van der Waals surface area contributed by atoms with Gasteiger partial charge in [0.05, 0.1) is 19.7 Å². The van der Waals surface area contributed by atoms with Crippen LogP contribution in [-0.4, -0.2) is 23.8 Å². The highest BCUT2D eigenvalue weighted by molar-refractivity contribution is 5.88. The number of benzene rings is 2. The number of nitrogens with zero attached hydrogens (tertiary/aromatic N) is 2. The van der Waals surface area contributed by atoms with Gasteiger partial charge in [-0.05, 0) is 66.3 Å². The summed E-state index contributed by atoms with van der Waals surface area (Å²) in [6.07, 6.45) is 7.83. The minimum Gasteiger partial charge on any atom is -0.497 e. The third-order valence-electron chi connectivity index (χ3n) is 6.36. The lowest BCUT2D eigenvalue weighted by atomic mass is 10.0. The molecule has 1 aliphatic carbocycles. The zero-order valence-electron chi connectivity index (χ0n) is 18.9. The first kappa shape index (κ1) is 21.1. The molecule has 6 heteroatoms. The first-order valence-electron chi connectivity index (χ1n) is 11.3. The summed E-state index contributed by atoms with van der Waals surface area (Å²) in [5.41, 5.74) is 4.32. The van der Waals surface area contributed by atoms with Gasteiger partial charge in [0.15, 0.2) is 0 Å². The Morgan fingerprint density at radius 1 is 0.879 bits per heavy atom. The van der Waals surface area contributed by atoms with Crippen LogP contribution in [0, 0.1) is 0 Å². The summed E-state index contributed by atoms with van der Waals surface area (Å²) < 4.78 is 12.9. The van der Waals surface area contributed by atoms with E-state index in [1.807, 2.05) is 47.0 Å². The predicted octanol–water partition coefficient (Wildman–Crippen LogP) is 5.94. The molecule has 2 aromatic heterocycles. The van der Waals surface area contributed by atoms with Crippen molar-refractivity contribution in [1.29, 1.82) is 0 Å². The predicted molar refractivity (Wildman–Crippen MR) is 132 cm³/mol. The van der Waals surface area contributed by atoms with Crippen LogP contribution in [0.3, 0.4) is 0 Å². The van der Waals surface area contributed by atoms with Crippen LogP contribution in [0.1, 0.15) is 31.7 Å². The number of methoxy groups -OCH3 is 2. The number of hydrogen-bond donors (Lipinski definition) is 1. The molecule has 6 nitrogen and oxygen atoms in total. The number of rotatable bonds is 6. The first-order chi connectivity index (χ1) is 16.2. The molecule has 1 aliphatic rings. The van der Waals surface area contributed by atoms with Crippen LogP contribution in [-0.2, 0) is 0 Å². The Labute approximate surface area is 192 Å². The van der Waals surface area contributed by atoms with Crippen LogP contribution < -0.4 is 20.3 Å². The van der Waals surface area contributed by atoms with E-state index in [0.29, 0.717) is 17.1 Å². The van der Waals surface area contributed by atoms with Crippen LogP contribution in [0.15, 0.2) is 71.8 Å². The Kier molecular flexibility index (Phi) is 5.73. The van der Waals surface area contributed by atoms with Gasteiger partial charge >= 0.3 is 0 Å². The fourth-order valence-corrected chi connectivity index (χ4v) is 4.71. The molecule has 0 unspecified atom stereocenters. The standard InChI is InChI=1S/C27H27N3O3/c1-32-23-13-19(14-24(17-23)33-2)25-15-18-7-8-21(29-20-9-11-28-12-10-20)16-26(18)30(27(25)31)22-5-3-4-6-22/h7-17,22H,3-6H2,1-2H3,(H,28,29). The lowest BCUT2D eigenvalue weighted by Gasteiger charge is -2.20. The number of ether oxygens (including phenoxy) is 2. The van der Waals surface area contributed by atoms with E-state index in [9.17, 15) is 4.79 Å². The van der Waals surface area contributed by atoms with Gasteiger partial charge in [-0.3, -0.25) is 9.78 Å². The SMILES string of the molecule is COc1cc(OC)cc(-c2cc3ccc(Nc4ccncc4)cc3n(C3CCCC3)c2=O)c1. The summed E-state index contributed by atoms with van der Waals surface area (Å²) in [4.78, 5) is 18.0. The molecule has 1 N–H and O–H groups in total. The largest absolute Gasteiger partial charge is 0.497 e. The molecule has 168 valence electrons. The molecule has 0 radical (unpaired) electrons. The fourth-order valence-electron chi connectivity index (χ4n) is 4.71. The van der Waals surface area contributed by atoms with Gasteiger partial charge in [-0.2, -0.15) is 0 Å². The van der Waals surface area contributed by atoms with Gasteiger partial charge in [0.1, 0.15) is 11.5 Å². The molecule has 0 spiro atoms. The molecule has 5 rings (SSSR count). The highest BCUT2D eigenvalue weighted by Crippen LogP contribution is 2.35. The van der Waals surface area contributed by atoms with Gasteiger partial charge in [0.2, 0.25) is 0 Å². The van der Waals surface area contributed by atoms with Crippen molar-refractivity contribution in [3.8, 4) is 22.6 Å². The molecule has 33 heavy (non-hydrogen) atoms. The van der Waals surface area contributed by atoms with Crippen molar-refractivity contribution in [2.45, 2.75) is 31.7 Å². The maximum Gasteiger partial charge on any atom is 0.259 e. The zero-order valence-corrected chi connectivity index (χ0v) is 18.9. The lowest BCUT2D eigenvalue weighted by Crippen LogP contribution is -2.25. The number of pyridine rings is 2. The quantitative estimate of drug-likeness (QED) is 0.401. The van der Waals surface area contributed by atoms with E-state index in [2.05, 4.69) is 22.4 Å². The van der Waals surface area contributed by atoms with Gasteiger partial charge < -0.3 is 19.4 Å². The minimum atomic E-state index is 0.0192. The van der Waals surface area contributed by atoms with Gasteiger partial charge in [0.25, 0.3) is 5.56 Å². The molecule has 2 heterocycles. The van der Waals surface area contributed by atoms with Crippen molar-refractivity contribution in [1.82, 2.24) is 9.55 Å². The van der Waals surface area contributed by atoms with Crippen LogP contribution in [0.5, 0.6) is 11.5 Å². The molecule has 1 fully saturated rings. The monoisotopic (exact) mass is 441 g/mol. The molecule has 0 amide bonds. The second-order valence-corrected chi connectivity index (χ2v) is 8.41. The number of fused-ring (bicyclic) bond motifs is 1. The molecule has 0 atom stereocenters. The summed E-state index contributed by atoms with van der Waals surface area (Å²) in [6.45, 7) is 0. The van der Waals surface area contributed by atoms with E-state index in [0.717, 1.165) is 53.5 Å². The van der Waals surface area contributed by atoms with E-state index < -0.39 is 0 Å². The maximum atomic E-state index is 13.9. The van der Waals surface area contributed by atoms with Crippen molar-refractivity contribution in [3.63, 3.8) is 0 Å². The summed E-state index contributed by atoms with van der Waals surface area (Å²) in [7, 11) is 3.24. The molecule has 0 bridgehead atoms. The Morgan fingerprint density at radius 2 is 1.58 bits per heavy atom. The van der Waals surface area contributed by atoms with E-state index in [1.165, 1.54) is 0 Å². The number of aromatic nitrogens is 2. The van der Waals surface area contributed by atoms with Crippen molar-refractivity contribution in [2.75, 3.05) is 19.5 Å². The number of hydrogen-bond acceptors (Lipinski definition) is 5.